The number of anilines is 1. The maximum Gasteiger partial charge on any atom is 0.261 e. The fraction of sp³-hybridized carbons (Fsp3) is 0.480. The average Bonchev–Trinajstić information content (AvgIpc) is 2.73. The predicted octanol–water partition coefficient (Wildman–Crippen LogP) is 5.27. The zero-order valence-corrected chi connectivity index (χ0v) is 18.2. The van der Waals surface area contributed by atoms with Gasteiger partial charge in [-0.15, -0.1) is 0 Å². The second-order valence-electron chi connectivity index (χ2n) is 8.27. The molecule has 0 aliphatic carbocycles. The fourth-order valence-electron chi connectivity index (χ4n) is 3.79. The van der Waals surface area contributed by atoms with Gasteiger partial charge in [-0.05, 0) is 68.4 Å². The van der Waals surface area contributed by atoms with E-state index >= 15 is 0 Å². The van der Waals surface area contributed by atoms with Gasteiger partial charge in [0, 0.05) is 18.8 Å². The van der Waals surface area contributed by atoms with E-state index in [0.29, 0.717) is 6.42 Å². The molecule has 0 radical (unpaired) electrons. The topological polar surface area (TPSA) is 41.6 Å². The monoisotopic (exact) mass is 394 g/mol. The minimum Gasteiger partial charge on any atom is -0.480 e. The third kappa shape index (κ3) is 5.53. The van der Waals surface area contributed by atoms with Crippen molar-refractivity contribution in [2.75, 3.05) is 18.0 Å². The number of para-hydroxylation sites is 1. The van der Waals surface area contributed by atoms with Crippen molar-refractivity contribution in [1.29, 1.82) is 0 Å². The second kappa shape index (κ2) is 9.82. The molecule has 156 valence electrons. The van der Waals surface area contributed by atoms with Crippen LogP contribution in [-0.2, 0) is 4.79 Å². The Balaban J connectivity index is 1.59. The van der Waals surface area contributed by atoms with Gasteiger partial charge in [0.15, 0.2) is 6.10 Å². The van der Waals surface area contributed by atoms with E-state index in [2.05, 4.69) is 41.4 Å². The summed E-state index contributed by atoms with van der Waals surface area (Å²) in [6, 6.07) is 16.3. The number of hydrogen-bond donors (Lipinski definition) is 1. The van der Waals surface area contributed by atoms with Crippen molar-refractivity contribution >= 4 is 11.6 Å². The third-order valence-corrected chi connectivity index (χ3v) is 5.93. The molecule has 1 aliphatic rings. The summed E-state index contributed by atoms with van der Waals surface area (Å²) < 4.78 is 5.98. The predicted molar refractivity (Wildman–Crippen MR) is 119 cm³/mol. The van der Waals surface area contributed by atoms with Gasteiger partial charge < -0.3 is 15.0 Å². The second-order valence-corrected chi connectivity index (χ2v) is 8.27. The van der Waals surface area contributed by atoms with Gasteiger partial charge in [-0.1, -0.05) is 44.2 Å². The number of carbonyl (C=O) groups is 1. The molecule has 1 aliphatic heterocycles. The summed E-state index contributed by atoms with van der Waals surface area (Å²) in [5, 5.41) is 3.11. The largest absolute Gasteiger partial charge is 0.480 e. The Hall–Kier alpha value is -2.49. The van der Waals surface area contributed by atoms with Gasteiger partial charge in [0.25, 0.3) is 5.91 Å². The van der Waals surface area contributed by atoms with Gasteiger partial charge in [0.1, 0.15) is 5.75 Å². The Labute approximate surface area is 175 Å². The number of hydrogen-bond acceptors (Lipinski definition) is 3. The van der Waals surface area contributed by atoms with E-state index in [1.807, 2.05) is 45.0 Å². The molecule has 0 aromatic heterocycles. The van der Waals surface area contributed by atoms with E-state index < -0.39 is 6.10 Å². The lowest BCUT2D eigenvalue weighted by Gasteiger charge is -2.32. The Bertz CT molecular complexity index is 795. The van der Waals surface area contributed by atoms with Crippen LogP contribution in [0.15, 0.2) is 48.5 Å². The first-order chi connectivity index (χ1) is 14.0. The number of piperidine rings is 1. The van der Waals surface area contributed by atoms with E-state index in [1.54, 1.807) is 0 Å². The summed E-state index contributed by atoms with van der Waals surface area (Å²) in [6.07, 6.45) is 2.65. The first-order valence-electron chi connectivity index (χ1n) is 10.9. The Morgan fingerprint density at radius 3 is 2.41 bits per heavy atom. The summed E-state index contributed by atoms with van der Waals surface area (Å²) in [6.45, 7) is 10.6. The zero-order valence-electron chi connectivity index (χ0n) is 18.2. The standard InChI is InChI=1S/C25H34N2O2/c1-5-23(29-24-9-7-6-8-19(24)3)25(28)26-20(4)21-10-12-22(13-11-21)27-16-14-18(2)15-17-27/h6-13,18,20,23H,5,14-17H2,1-4H3,(H,26,28). The number of rotatable bonds is 7. The van der Waals surface area contributed by atoms with Crippen LogP contribution in [0.2, 0.25) is 0 Å². The van der Waals surface area contributed by atoms with Crippen LogP contribution in [0.5, 0.6) is 5.75 Å². The smallest absolute Gasteiger partial charge is 0.261 e. The van der Waals surface area contributed by atoms with Crippen LogP contribution in [0.3, 0.4) is 0 Å². The highest BCUT2D eigenvalue weighted by Gasteiger charge is 2.22. The van der Waals surface area contributed by atoms with Gasteiger partial charge >= 0.3 is 0 Å². The molecule has 2 aromatic rings. The molecule has 0 bridgehead atoms. The molecule has 29 heavy (non-hydrogen) atoms. The Morgan fingerprint density at radius 2 is 1.79 bits per heavy atom. The van der Waals surface area contributed by atoms with Crippen molar-refractivity contribution in [3.05, 3.63) is 59.7 Å². The Morgan fingerprint density at radius 1 is 1.14 bits per heavy atom. The van der Waals surface area contributed by atoms with Crippen LogP contribution in [0.4, 0.5) is 5.69 Å². The number of benzene rings is 2. The van der Waals surface area contributed by atoms with Crippen LogP contribution in [-0.4, -0.2) is 25.1 Å². The summed E-state index contributed by atoms with van der Waals surface area (Å²) in [5.74, 6) is 1.52. The fourth-order valence-corrected chi connectivity index (χ4v) is 3.79. The van der Waals surface area contributed by atoms with E-state index in [0.717, 1.165) is 35.9 Å². The van der Waals surface area contributed by atoms with E-state index in [9.17, 15) is 4.79 Å². The molecule has 1 saturated heterocycles. The lowest BCUT2D eigenvalue weighted by Crippen LogP contribution is -2.39. The number of nitrogens with zero attached hydrogens (tertiary/aromatic N) is 1. The van der Waals surface area contributed by atoms with Gasteiger partial charge in [0.05, 0.1) is 6.04 Å². The van der Waals surface area contributed by atoms with Gasteiger partial charge in [0.2, 0.25) is 0 Å². The zero-order chi connectivity index (χ0) is 20.8. The third-order valence-electron chi connectivity index (χ3n) is 5.93. The van der Waals surface area contributed by atoms with Crippen LogP contribution in [0.25, 0.3) is 0 Å². The van der Waals surface area contributed by atoms with Crippen LogP contribution in [0.1, 0.15) is 57.2 Å². The van der Waals surface area contributed by atoms with E-state index in [-0.39, 0.29) is 11.9 Å². The van der Waals surface area contributed by atoms with Gasteiger partial charge in [-0.2, -0.15) is 0 Å². The normalized spacial score (nSPS) is 16.9. The maximum absolute atomic E-state index is 12.8. The van der Waals surface area contributed by atoms with Crippen molar-refractivity contribution in [1.82, 2.24) is 5.32 Å². The first-order valence-corrected chi connectivity index (χ1v) is 10.9. The highest BCUT2D eigenvalue weighted by Crippen LogP contribution is 2.25. The number of amides is 1. The lowest BCUT2D eigenvalue weighted by atomic mass is 9.98. The van der Waals surface area contributed by atoms with Crippen LogP contribution >= 0.6 is 0 Å². The molecule has 1 amide bonds. The van der Waals surface area contributed by atoms with Gasteiger partial charge in [-0.3, -0.25) is 4.79 Å². The highest BCUT2D eigenvalue weighted by atomic mass is 16.5. The molecule has 4 heteroatoms. The van der Waals surface area contributed by atoms with Crippen LogP contribution in [0, 0.1) is 12.8 Å². The molecular weight excluding hydrogens is 360 g/mol. The number of carbonyl (C=O) groups excluding carboxylic acids is 1. The molecule has 2 atom stereocenters. The van der Waals surface area contributed by atoms with Crippen molar-refractivity contribution < 1.29 is 9.53 Å². The molecule has 1 N–H and O–H groups in total. The van der Waals surface area contributed by atoms with Crippen molar-refractivity contribution in [3.8, 4) is 5.75 Å². The van der Waals surface area contributed by atoms with Crippen molar-refractivity contribution in [3.63, 3.8) is 0 Å². The minimum atomic E-state index is -0.492. The molecule has 1 heterocycles. The number of nitrogens with one attached hydrogen (secondary N) is 1. The van der Waals surface area contributed by atoms with E-state index in [4.69, 9.17) is 4.74 Å². The first kappa shape index (κ1) is 21.2. The van der Waals surface area contributed by atoms with Crippen molar-refractivity contribution in [2.24, 2.45) is 5.92 Å². The number of aryl methyl sites for hydroxylation is 1. The summed E-state index contributed by atoms with van der Waals surface area (Å²) in [5.41, 5.74) is 3.42. The maximum atomic E-state index is 12.8. The molecule has 4 nitrogen and oxygen atoms in total. The molecule has 2 aromatic carbocycles. The molecule has 0 spiro atoms. The van der Waals surface area contributed by atoms with Gasteiger partial charge in [-0.25, -0.2) is 0 Å². The summed E-state index contributed by atoms with van der Waals surface area (Å²) >= 11 is 0. The Kier molecular flexibility index (Phi) is 7.18. The molecular formula is C25H34N2O2. The molecule has 3 rings (SSSR count). The summed E-state index contributed by atoms with van der Waals surface area (Å²) in [4.78, 5) is 15.2. The molecule has 0 saturated carbocycles. The van der Waals surface area contributed by atoms with E-state index in [1.165, 1.54) is 18.5 Å². The highest BCUT2D eigenvalue weighted by molar-refractivity contribution is 5.81. The lowest BCUT2D eigenvalue weighted by molar-refractivity contribution is -0.128. The molecule has 1 fully saturated rings. The SMILES string of the molecule is CCC(Oc1ccccc1C)C(=O)NC(C)c1ccc(N2CCC(C)CC2)cc1. The average molecular weight is 395 g/mol. The van der Waals surface area contributed by atoms with Crippen LogP contribution < -0.4 is 15.0 Å². The van der Waals surface area contributed by atoms with Crippen molar-refractivity contribution in [2.45, 2.75) is 59.1 Å². The quantitative estimate of drug-likeness (QED) is 0.696. The summed E-state index contributed by atoms with van der Waals surface area (Å²) in [7, 11) is 0. The minimum absolute atomic E-state index is 0.0625. The molecule has 2 unspecified atom stereocenters. The number of ether oxygens (including phenoxy) is 1.